The molecule has 0 aliphatic rings. The molecule has 2 N–H and O–H groups in total. The Hall–Kier alpha value is -3.61. The third-order valence-electron chi connectivity index (χ3n) is 3.56. The third-order valence-corrected chi connectivity index (χ3v) is 3.56. The summed E-state index contributed by atoms with van der Waals surface area (Å²) in [6.45, 7) is 0. The first kappa shape index (κ1) is 17.2. The van der Waals surface area contributed by atoms with Crippen molar-refractivity contribution in [2.75, 3.05) is 24.9 Å². The van der Waals surface area contributed by atoms with E-state index in [1.54, 1.807) is 44.6 Å². The molecule has 3 rings (SSSR count). The van der Waals surface area contributed by atoms with Crippen molar-refractivity contribution < 1.29 is 14.3 Å². The predicted molar refractivity (Wildman–Crippen MR) is 99.3 cm³/mol. The maximum absolute atomic E-state index is 12.4. The van der Waals surface area contributed by atoms with Gasteiger partial charge in [0.2, 0.25) is 5.95 Å². The first-order valence-electron chi connectivity index (χ1n) is 7.87. The molecular formula is C19H18N4O3. The summed E-state index contributed by atoms with van der Waals surface area (Å²) in [5.74, 6) is 1.40. The van der Waals surface area contributed by atoms with Gasteiger partial charge in [-0.3, -0.25) is 4.79 Å². The predicted octanol–water partition coefficient (Wildman–Crippen LogP) is 3.49. The average molecular weight is 350 g/mol. The number of methoxy groups -OCH3 is 2. The molecule has 7 heteroatoms. The quantitative estimate of drug-likeness (QED) is 0.708. The minimum Gasteiger partial charge on any atom is -0.497 e. The van der Waals surface area contributed by atoms with E-state index in [1.165, 1.54) is 6.20 Å². The van der Waals surface area contributed by atoms with E-state index in [0.29, 0.717) is 17.4 Å². The molecular weight excluding hydrogens is 332 g/mol. The molecule has 0 spiro atoms. The van der Waals surface area contributed by atoms with Crippen molar-refractivity contribution in [3.63, 3.8) is 0 Å². The van der Waals surface area contributed by atoms with Crippen molar-refractivity contribution in [1.29, 1.82) is 0 Å². The summed E-state index contributed by atoms with van der Waals surface area (Å²) in [7, 11) is 3.18. The van der Waals surface area contributed by atoms with E-state index in [4.69, 9.17) is 9.47 Å². The highest BCUT2D eigenvalue weighted by Crippen LogP contribution is 2.19. The van der Waals surface area contributed by atoms with E-state index in [1.807, 2.05) is 24.3 Å². The molecule has 0 atom stereocenters. The zero-order chi connectivity index (χ0) is 18.4. The number of hydrogen-bond acceptors (Lipinski definition) is 6. The van der Waals surface area contributed by atoms with Gasteiger partial charge in [0.05, 0.1) is 14.2 Å². The topological polar surface area (TPSA) is 85.4 Å². The smallest absolute Gasteiger partial charge is 0.274 e. The Bertz CT molecular complexity index is 897. The van der Waals surface area contributed by atoms with Gasteiger partial charge in [0.25, 0.3) is 5.91 Å². The van der Waals surface area contributed by atoms with Gasteiger partial charge >= 0.3 is 0 Å². The molecule has 0 saturated heterocycles. The summed E-state index contributed by atoms with van der Waals surface area (Å²) in [6, 6.07) is 16.0. The van der Waals surface area contributed by atoms with Gasteiger partial charge < -0.3 is 20.1 Å². The van der Waals surface area contributed by atoms with Gasteiger partial charge in [-0.05, 0) is 42.5 Å². The molecule has 1 heterocycles. The second-order valence-corrected chi connectivity index (χ2v) is 5.31. The SMILES string of the molecule is COc1ccc(Nc2nccc(C(=O)Nc3cccc(OC)c3)n2)cc1. The number of anilines is 3. The van der Waals surface area contributed by atoms with Gasteiger partial charge in [0.1, 0.15) is 17.2 Å². The van der Waals surface area contributed by atoms with Gasteiger partial charge in [-0.15, -0.1) is 0 Å². The van der Waals surface area contributed by atoms with Gasteiger partial charge in [0.15, 0.2) is 0 Å². The van der Waals surface area contributed by atoms with Crippen LogP contribution in [0.25, 0.3) is 0 Å². The third kappa shape index (κ3) is 4.27. The summed E-state index contributed by atoms with van der Waals surface area (Å²) < 4.78 is 10.3. The van der Waals surface area contributed by atoms with Gasteiger partial charge in [0, 0.05) is 23.6 Å². The van der Waals surface area contributed by atoms with Gasteiger partial charge in [-0.25, -0.2) is 9.97 Å². The highest BCUT2D eigenvalue weighted by Gasteiger charge is 2.10. The summed E-state index contributed by atoms with van der Waals surface area (Å²) >= 11 is 0. The van der Waals surface area contributed by atoms with Crippen LogP contribution in [0.2, 0.25) is 0 Å². The van der Waals surface area contributed by atoms with E-state index in [0.717, 1.165) is 11.4 Å². The molecule has 0 saturated carbocycles. The number of carbonyl (C=O) groups is 1. The second kappa shape index (κ2) is 7.98. The molecule has 0 fully saturated rings. The number of nitrogens with zero attached hydrogens (tertiary/aromatic N) is 2. The fraction of sp³-hybridized carbons (Fsp3) is 0.105. The number of benzene rings is 2. The number of rotatable bonds is 6. The van der Waals surface area contributed by atoms with Crippen molar-refractivity contribution in [3.8, 4) is 11.5 Å². The largest absolute Gasteiger partial charge is 0.497 e. The van der Waals surface area contributed by atoms with Crippen molar-refractivity contribution in [1.82, 2.24) is 9.97 Å². The van der Waals surface area contributed by atoms with Gasteiger partial charge in [-0.1, -0.05) is 6.07 Å². The van der Waals surface area contributed by atoms with Crippen LogP contribution in [0.3, 0.4) is 0 Å². The maximum atomic E-state index is 12.4. The zero-order valence-corrected chi connectivity index (χ0v) is 14.4. The number of aromatic nitrogens is 2. The molecule has 0 aliphatic carbocycles. The van der Waals surface area contributed by atoms with Gasteiger partial charge in [-0.2, -0.15) is 0 Å². The molecule has 0 unspecified atom stereocenters. The first-order valence-corrected chi connectivity index (χ1v) is 7.87. The van der Waals surface area contributed by atoms with E-state index in [9.17, 15) is 4.79 Å². The summed E-state index contributed by atoms with van der Waals surface area (Å²) in [5.41, 5.74) is 1.66. The van der Waals surface area contributed by atoms with Crippen LogP contribution in [0.1, 0.15) is 10.5 Å². The van der Waals surface area contributed by atoms with Crippen molar-refractivity contribution in [2.24, 2.45) is 0 Å². The Kier molecular flexibility index (Phi) is 5.28. The Morgan fingerprint density at radius 3 is 2.42 bits per heavy atom. The lowest BCUT2D eigenvalue weighted by molar-refractivity contribution is 0.102. The number of carbonyl (C=O) groups excluding carboxylic acids is 1. The molecule has 3 aromatic rings. The van der Waals surface area contributed by atoms with E-state index in [2.05, 4.69) is 20.6 Å². The second-order valence-electron chi connectivity index (χ2n) is 5.31. The van der Waals surface area contributed by atoms with Crippen molar-refractivity contribution in [2.45, 2.75) is 0 Å². The zero-order valence-electron chi connectivity index (χ0n) is 14.4. The molecule has 7 nitrogen and oxygen atoms in total. The Labute approximate surface area is 151 Å². The van der Waals surface area contributed by atoms with Crippen LogP contribution in [-0.4, -0.2) is 30.1 Å². The fourth-order valence-corrected chi connectivity index (χ4v) is 2.24. The van der Waals surface area contributed by atoms with Crippen molar-refractivity contribution >= 4 is 23.2 Å². The lowest BCUT2D eigenvalue weighted by atomic mass is 10.3. The van der Waals surface area contributed by atoms with E-state index in [-0.39, 0.29) is 11.6 Å². The molecule has 26 heavy (non-hydrogen) atoms. The van der Waals surface area contributed by atoms with Crippen LogP contribution in [0.4, 0.5) is 17.3 Å². The molecule has 1 amide bonds. The highest BCUT2D eigenvalue weighted by molar-refractivity contribution is 6.03. The minimum absolute atomic E-state index is 0.249. The fourth-order valence-electron chi connectivity index (χ4n) is 2.24. The molecule has 1 aromatic heterocycles. The van der Waals surface area contributed by atoms with E-state index >= 15 is 0 Å². The number of ether oxygens (including phenoxy) is 2. The molecule has 2 aromatic carbocycles. The Morgan fingerprint density at radius 1 is 0.923 bits per heavy atom. The lowest BCUT2D eigenvalue weighted by Gasteiger charge is -2.09. The maximum Gasteiger partial charge on any atom is 0.274 e. The highest BCUT2D eigenvalue weighted by atomic mass is 16.5. The minimum atomic E-state index is -0.335. The average Bonchev–Trinajstić information content (AvgIpc) is 2.69. The molecule has 0 radical (unpaired) electrons. The number of hydrogen-bond donors (Lipinski definition) is 2. The summed E-state index contributed by atoms with van der Waals surface area (Å²) in [6.07, 6.45) is 1.53. The van der Waals surface area contributed by atoms with Crippen LogP contribution < -0.4 is 20.1 Å². The number of nitrogens with one attached hydrogen (secondary N) is 2. The van der Waals surface area contributed by atoms with Crippen LogP contribution in [0, 0.1) is 0 Å². The normalized spacial score (nSPS) is 10.1. The molecule has 132 valence electrons. The Morgan fingerprint density at radius 2 is 1.69 bits per heavy atom. The van der Waals surface area contributed by atoms with Crippen molar-refractivity contribution in [3.05, 3.63) is 66.5 Å². The van der Waals surface area contributed by atoms with Crippen LogP contribution in [0.15, 0.2) is 60.8 Å². The number of amides is 1. The molecule has 0 aliphatic heterocycles. The lowest BCUT2D eigenvalue weighted by Crippen LogP contribution is -2.14. The summed E-state index contributed by atoms with van der Waals surface area (Å²) in [5, 5.41) is 5.84. The molecule has 0 bridgehead atoms. The first-order chi connectivity index (χ1) is 12.7. The standard InChI is InChI=1S/C19H18N4O3/c1-25-15-8-6-13(7-9-15)22-19-20-11-10-17(23-19)18(24)21-14-4-3-5-16(12-14)26-2/h3-12H,1-2H3,(H,21,24)(H,20,22,23). The van der Waals surface area contributed by atoms with Crippen LogP contribution >= 0.6 is 0 Å². The van der Waals surface area contributed by atoms with Crippen LogP contribution in [0.5, 0.6) is 11.5 Å². The van der Waals surface area contributed by atoms with E-state index < -0.39 is 0 Å². The Balaban J connectivity index is 1.72. The summed E-state index contributed by atoms with van der Waals surface area (Å²) in [4.78, 5) is 20.8. The monoisotopic (exact) mass is 350 g/mol. The van der Waals surface area contributed by atoms with Crippen LogP contribution in [-0.2, 0) is 0 Å².